The van der Waals surface area contributed by atoms with Crippen LogP contribution in [0.3, 0.4) is 0 Å². The molecule has 0 saturated heterocycles. The Balaban J connectivity index is 0.731. The van der Waals surface area contributed by atoms with Gasteiger partial charge in [0.05, 0.1) is 0 Å². The molecule has 2 heterocycles. The van der Waals surface area contributed by atoms with Gasteiger partial charge in [-0.05, 0) is 96.5 Å². The van der Waals surface area contributed by atoms with Crippen LogP contribution >= 0.6 is 31.9 Å². The Hall–Kier alpha value is -4.12. The van der Waals surface area contributed by atoms with Gasteiger partial charge in [0, 0.05) is 71.1 Å². The molecular formula is C57H62Br2N2. The van der Waals surface area contributed by atoms with Gasteiger partial charge in [0.25, 0.3) is 0 Å². The van der Waals surface area contributed by atoms with Crippen LogP contribution < -0.4 is 0 Å². The monoisotopic (exact) mass is 932 g/mol. The summed E-state index contributed by atoms with van der Waals surface area (Å²) >= 11 is 7.77. The number of aryl methyl sites for hydroxylation is 2. The van der Waals surface area contributed by atoms with Gasteiger partial charge in [-0.3, -0.25) is 0 Å². The Morgan fingerprint density at radius 3 is 0.967 bits per heavy atom. The van der Waals surface area contributed by atoms with Crippen LogP contribution in [0, 0.1) is 0 Å². The molecule has 314 valence electrons. The second-order valence-corrected chi connectivity index (χ2v) is 19.8. The Labute approximate surface area is 381 Å². The van der Waals surface area contributed by atoms with Gasteiger partial charge in [0.1, 0.15) is 0 Å². The first-order valence-corrected chi connectivity index (χ1v) is 25.2. The molecule has 1 aliphatic rings. The highest BCUT2D eigenvalue weighted by Gasteiger charge is 2.42. The lowest BCUT2D eigenvalue weighted by Gasteiger charge is -2.33. The first kappa shape index (κ1) is 42.2. The van der Waals surface area contributed by atoms with Gasteiger partial charge < -0.3 is 9.13 Å². The molecule has 4 heteroatoms. The molecule has 6 aromatic carbocycles. The molecule has 2 nitrogen and oxygen atoms in total. The molecule has 0 saturated carbocycles. The first-order chi connectivity index (χ1) is 30.1. The van der Waals surface area contributed by atoms with Crippen molar-refractivity contribution in [3.63, 3.8) is 0 Å². The zero-order chi connectivity index (χ0) is 41.4. The summed E-state index contributed by atoms with van der Waals surface area (Å²) in [4.78, 5) is 0. The fourth-order valence-electron chi connectivity index (χ4n) is 11.1. The Bertz CT molecular complexity index is 2420. The molecule has 0 N–H and O–H groups in total. The Morgan fingerprint density at radius 1 is 0.328 bits per heavy atom. The van der Waals surface area contributed by atoms with Crippen molar-refractivity contribution < 1.29 is 0 Å². The van der Waals surface area contributed by atoms with Gasteiger partial charge in [-0.25, -0.2) is 0 Å². The summed E-state index contributed by atoms with van der Waals surface area (Å²) in [7, 11) is 0. The number of halogens is 2. The zero-order valence-electron chi connectivity index (χ0n) is 36.0. The normalized spacial score (nSPS) is 13.2. The van der Waals surface area contributed by atoms with Crippen molar-refractivity contribution in [2.75, 3.05) is 0 Å². The average Bonchev–Trinajstić information content (AvgIpc) is 3.88. The largest absolute Gasteiger partial charge is 0.340 e. The van der Waals surface area contributed by atoms with E-state index in [1.54, 1.807) is 11.1 Å². The summed E-state index contributed by atoms with van der Waals surface area (Å²) in [5.41, 5.74) is 11.6. The predicted octanol–water partition coefficient (Wildman–Crippen LogP) is 18.1. The van der Waals surface area contributed by atoms with E-state index in [0.717, 1.165) is 13.1 Å². The Kier molecular flexibility index (Phi) is 13.8. The smallest absolute Gasteiger partial charge is 0.0491 e. The molecule has 0 aliphatic heterocycles. The number of aromatic nitrogens is 2. The molecule has 0 spiro atoms. The van der Waals surface area contributed by atoms with E-state index in [2.05, 4.69) is 174 Å². The number of nitrogens with zero attached hydrogens (tertiary/aromatic N) is 2. The number of unbranched alkanes of at least 4 members (excludes halogenated alkanes) is 14. The van der Waals surface area contributed by atoms with Crippen LogP contribution in [0.5, 0.6) is 0 Å². The van der Waals surface area contributed by atoms with E-state index < -0.39 is 0 Å². The van der Waals surface area contributed by atoms with E-state index in [0.29, 0.717) is 0 Å². The lowest BCUT2D eigenvalue weighted by atomic mass is 9.70. The molecule has 1 aliphatic carbocycles. The van der Waals surface area contributed by atoms with Gasteiger partial charge in [-0.2, -0.15) is 0 Å². The minimum atomic E-state index is 0.0951. The number of rotatable bonds is 22. The molecule has 61 heavy (non-hydrogen) atoms. The average molecular weight is 935 g/mol. The maximum atomic E-state index is 3.88. The Morgan fingerprint density at radius 2 is 0.623 bits per heavy atom. The minimum absolute atomic E-state index is 0.0951. The van der Waals surface area contributed by atoms with Gasteiger partial charge >= 0.3 is 0 Å². The summed E-state index contributed by atoms with van der Waals surface area (Å²) in [6.45, 7) is 2.22. The quantitative estimate of drug-likeness (QED) is 0.0599. The van der Waals surface area contributed by atoms with Crippen molar-refractivity contribution >= 4 is 75.5 Å². The molecule has 0 unspecified atom stereocenters. The number of benzene rings is 6. The number of hydrogen-bond donors (Lipinski definition) is 0. The topological polar surface area (TPSA) is 9.86 Å². The standard InChI is InChI=1S/C57H62Br2N2/c58-43-33-35-45-46-36-34-44(59)42-52(46)57(51(45)41-43,37-21-9-5-1-3-7-11-23-39-60-53-29-17-13-25-47(53)48-26-14-18-30-54(48)60)38-22-10-6-2-4-8-12-24-40-61-55-31-19-15-27-49(55)50-28-16-20-32-56(50)61/h13-20,25-36,41-42H,1-12,21-24,37-40H2. The second kappa shape index (κ2) is 19.9. The van der Waals surface area contributed by atoms with E-state index >= 15 is 0 Å². The second-order valence-electron chi connectivity index (χ2n) is 18.0. The van der Waals surface area contributed by atoms with Gasteiger partial charge in [-0.15, -0.1) is 0 Å². The molecule has 0 amide bonds. The van der Waals surface area contributed by atoms with Crippen molar-refractivity contribution in [2.24, 2.45) is 0 Å². The van der Waals surface area contributed by atoms with E-state index in [1.807, 2.05) is 0 Å². The number of fused-ring (bicyclic) bond motifs is 9. The summed E-state index contributed by atoms with van der Waals surface area (Å²) < 4.78 is 7.51. The minimum Gasteiger partial charge on any atom is -0.340 e. The summed E-state index contributed by atoms with van der Waals surface area (Å²) in [5.74, 6) is 0. The molecule has 0 atom stereocenters. The van der Waals surface area contributed by atoms with Gasteiger partial charge in [-0.1, -0.05) is 207 Å². The third-order valence-corrected chi connectivity index (χ3v) is 15.1. The fraction of sp³-hybridized carbons (Fsp3) is 0.368. The van der Waals surface area contributed by atoms with Crippen molar-refractivity contribution in [3.8, 4) is 11.1 Å². The lowest BCUT2D eigenvalue weighted by Crippen LogP contribution is -2.25. The highest BCUT2D eigenvalue weighted by molar-refractivity contribution is 9.10. The third kappa shape index (κ3) is 9.05. The third-order valence-electron chi connectivity index (χ3n) is 14.1. The predicted molar refractivity (Wildman–Crippen MR) is 270 cm³/mol. The van der Waals surface area contributed by atoms with Crippen LogP contribution in [0.25, 0.3) is 54.7 Å². The van der Waals surface area contributed by atoms with E-state index in [1.165, 1.54) is 179 Å². The van der Waals surface area contributed by atoms with Crippen molar-refractivity contribution in [3.05, 3.63) is 154 Å². The summed E-state index contributed by atoms with van der Waals surface area (Å²) in [6, 6.07) is 49.8. The van der Waals surface area contributed by atoms with Crippen LogP contribution in [0.15, 0.2) is 142 Å². The lowest BCUT2D eigenvalue weighted by molar-refractivity contribution is 0.396. The molecule has 0 radical (unpaired) electrons. The molecular weight excluding hydrogens is 872 g/mol. The zero-order valence-corrected chi connectivity index (χ0v) is 39.2. The molecule has 8 aromatic rings. The number of hydrogen-bond acceptors (Lipinski definition) is 0. The van der Waals surface area contributed by atoms with Gasteiger partial charge in [0.2, 0.25) is 0 Å². The van der Waals surface area contributed by atoms with Crippen molar-refractivity contribution in [1.82, 2.24) is 9.13 Å². The number of para-hydroxylation sites is 4. The van der Waals surface area contributed by atoms with Crippen LogP contribution in [0.4, 0.5) is 0 Å². The van der Waals surface area contributed by atoms with E-state index in [9.17, 15) is 0 Å². The SMILES string of the molecule is Brc1ccc2c(c1)C(CCCCCCCCCCn1c3ccccc3c3ccccc31)(CCCCCCCCCCn1c3ccccc3c3ccccc31)c1cc(Br)ccc1-2. The molecule has 9 rings (SSSR count). The highest BCUT2D eigenvalue weighted by Crippen LogP contribution is 2.55. The van der Waals surface area contributed by atoms with Crippen LogP contribution in [0.1, 0.15) is 127 Å². The van der Waals surface area contributed by atoms with Crippen molar-refractivity contribution in [2.45, 2.75) is 134 Å². The summed E-state index contributed by atoms with van der Waals surface area (Å²) in [6.07, 6.45) is 23.6. The van der Waals surface area contributed by atoms with Crippen LogP contribution in [-0.4, -0.2) is 9.13 Å². The van der Waals surface area contributed by atoms with Crippen molar-refractivity contribution in [1.29, 1.82) is 0 Å². The van der Waals surface area contributed by atoms with Gasteiger partial charge in [0.15, 0.2) is 0 Å². The highest BCUT2D eigenvalue weighted by atomic mass is 79.9. The first-order valence-electron chi connectivity index (χ1n) is 23.6. The van der Waals surface area contributed by atoms with Crippen LogP contribution in [-0.2, 0) is 18.5 Å². The molecule has 0 bridgehead atoms. The van der Waals surface area contributed by atoms with E-state index in [4.69, 9.17) is 0 Å². The van der Waals surface area contributed by atoms with Crippen LogP contribution in [0.2, 0.25) is 0 Å². The molecule has 0 fully saturated rings. The summed E-state index contributed by atoms with van der Waals surface area (Å²) in [5, 5.41) is 5.53. The fourth-order valence-corrected chi connectivity index (χ4v) is 11.8. The maximum Gasteiger partial charge on any atom is 0.0491 e. The maximum absolute atomic E-state index is 3.88. The van der Waals surface area contributed by atoms with E-state index in [-0.39, 0.29) is 5.41 Å². The molecule has 2 aromatic heterocycles.